The second-order valence-corrected chi connectivity index (χ2v) is 7.37. The number of hydrogen-bond donors (Lipinski definition) is 2. The molecule has 2 heterocycles. The van der Waals surface area contributed by atoms with E-state index in [0.717, 1.165) is 54.1 Å². The molecule has 0 spiro atoms. The maximum Gasteiger partial charge on any atom is 0.321 e. The first-order valence-electron chi connectivity index (χ1n) is 9.84. The number of amides is 3. The predicted molar refractivity (Wildman–Crippen MR) is 109 cm³/mol. The van der Waals surface area contributed by atoms with Crippen molar-refractivity contribution >= 4 is 17.6 Å². The number of hydrogen-bond acceptors (Lipinski definition) is 3. The fraction of sp³-hybridized carbons (Fsp3) is 0.476. The molecule has 0 unspecified atom stereocenters. The van der Waals surface area contributed by atoms with Crippen LogP contribution >= 0.6 is 0 Å². The second-order valence-electron chi connectivity index (χ2n) is 7.37. The first-order valence-corrected chi connectivity index (χ1v) is 9.84. The molecular weight excluding hydrogens is 354 g/mol. The van der Waals surface area contributed by atoms with Crippen molar-refractivity contribution in [2.75, 3.05) is 18.4 Å². The molecule has 1 aliphatic rings. The molecule has 7 nitrogen and oxygen atoms in total. The van der Waals surface area contributed by atoms with Crippen molar-refractivity contribution < 1.29 is 9.59 Å². The van der Waals surface area contributed by atoms with Crippen molar-refractivity contribution in [3.05, 3.63) is 46.8 Å². The lowest BCUT2D eigenvalue weighted by Crippen LogP contribution is -2.32. The number of carbonyl (C=O) groups is 2. The molecule has 1 aromatic carbocycles. The Kier molecular flexibility index (Phi) is 6.34. The van der Waals surface area contributed by atoms with E-state index in [1.165, 1.54) is 0 Å². The van der Waals surface area contributed by atoms with Gasteiger partial charge in [0, 0.05) is 44.5 Å². The van der Waals surface area contributed by atoms with E-state index in [-0.39, 0.29) is 11.9 Å². The number of aromatic nitrogens is 2. The van der Waals surface area contributed by atoms with Crippen molar-refractivity contribution in [1.82, 2.24) is 20.0 Å². The van der Waals surface area contributed by atoms with E-state index in [1.807, 2.05) is 54.7 Å². The third-order valence-electron chi connectivity index (χ3n) is 5.32. The third kappa shape index (κ3) is 4.91. The smallest absolute Gasteiger partial charge is 0.321 e. The summed E-state index contributed by atoms with van der Waals surface area (Å²) in [5.41, 5.74) is 4.94. The highest BCUT2D eigenvalue weighted by Gasteiger charge is 2.17. The van der Waals surface area contributed by atoms with Crippen LogP contribution in [0.3, 0.4) is 0 Å². The SMILES string of the molecule is Cc1nn(C)c(C)c1CCC(=O)NCc1cccc(NC(=O)N2CCCC2)c1. The Bertz CT molecular complexity index is 852. The van der Waals surface area contributed by atoms with Crippen LogP contribution in [0.15, 0.2) is 24.3 Å². The van der Waals surface area contributed by atoms with E-state index in [1.54, 1.807) is 0 Å². The third-order valence-corrected chi connectivity index (χ3v) is 5.32. The van der Waals surface area contributed by atoms with Gasteiger partial charge in [0.05, 0.1) is 5.69 Å². The number of anilines is 1. The van der Waals surface area contributed by atoms with Crippen LogP contribution < -0.4 is 10.6 Å². The van der Waals surface area contributed by atoms with Crippen molar-refractivity contribution in [2.24, 2.45) is 7.05 Å². The molecule has 1 saturated heterocycles. The van der Waals surface area contributed by atoms with Gasteiger partial charge in [0.15, 0.2) is 0 Å². The Labute approximate surface area is 166 Å². The van der Waals surface area contributed by atoms with Crippen LogP contribution in [0.25, 0.3) is 0 Å². The molecule has 28 heavy (non-hydrogen) atoms. The van der Waals surface area contributed by atoms with Crippen LogP contribution in [0.2, 0.25) is 0 Å². The monoisotopic (exact) mass is 383 g/mol. The van der Waals surface area contributed by atoms with Crippen LogP contribution in [-0.4, -0.2) is 39.7 Å². The molecule has 2 aromatic rings. The Hall–Kier alpha value is -2.83. The van der Waals surface area contributed by atoms with Crippen molar-refractivity contribution in [2.45, 2.75) is 46.1 Å². The molecule has 0 aliphatic carbocycles. The number of nitrogens with zero attached hydrogens (tertiary/aromatic N) is 3. The second kappa shape index (κ2) is 8.91. The van der Waals surface area contributed by atoms with Gasteiger partial charge in [-0.25, -0.2) is 4.79 Å². The summed E-state index contributed by atoms with van der Waals surface area (Å²) < 4.78 is 1.85. The van der Waals surface area contributed by atoms with Gasteiger partial charge >= 0.3 is 6.03 Å². The summed E-state index contributed by atoms with van der Waals surface area (Å²) in [5.74, 6) is 0.00848. The molecule has 3 rings (SSSR count). The fourth-order valence-corrected chi connectivity index (χ4v) is 3.59. The molecule has 1 aromatic heterocycles. The summed E-state index contributed by atoms with van der Waals surface area (Å²) in [5, 5.41) is 10.3. The first-order chi connectivity index (χ1) is 13.4. The molecule has 1 aliphatic heterocycles. The zero-order chi connectivity index (χ0) is 20.1. The van der Waals surface area contributed by atoms with Crippen molar-refractivity contribution in [3.8, 4) is 0 Å². The van der Waals surface area contributed by atoms with Gasteiger partial charge in [0.25, 0.3) is 0 Å². The molecule has 150 valence electrons. The summed E-state index contributed by atoms with van der Waals surface area (Å²) in [4.78, 5) is 26.3. The van der Waals surface area contributed by atoms with Crippen molar-refractivity contribution in [1.29, 1.82) is 0 Å². The van der Waals surface area contributed by atoms with E-state index in [2.05, 4.69) is 15.7 Å². The lowest BCUT2D eigenvalue weighted by Gasteiger charge is -2.16. The normalized spacial score (nSPS) is 13.6. The highest BCUT2D eigenvalue weighted by molar-refractivity contribution is 5.89. The molecule has 0 atom stereocenters. The van der Waals surface area contributed by atoms with Gasteiger partial charge in [-0.1, -0.05) is 12.1 Å². The van der Waals surface area contributed by atoms with Crippen LogP contribution in [0.5, 0.6) is 0 Å². The van der Waals surface area contributed by atoms with Gasteiger partial charge < -0.3 is 15.5 Å². The Morgan fingerprint density at radius 3 is 2.61 bits per heavy atom. The number of benzene rings is 1. The number of carbonyl (C=O) groups excluding carboxylic acids is 2. The maximum atomic E-state index is 12.2. The number of urea groups is 1. The van der Waals surface area contributed by atoms with Gasteiger partial charge in [0.2, 0.25) is 5.91 Å². The minimum atomic E-state index is -0.0547. The van der Waals surface area contributed by atoms with Gasteiger partial charge in [-0.05, 0) is 56.4 Å². The zero-order valence-corrected chi connectivity index (χ0v) is 16.9. The number of rotatable bonds is 6. The number of likely N-dealkylation sites (tertiary alicyclic amines) is 1. The van der Waals surface area contributed by atoms with E-state index in [0.29, 0.717) is 19.4 Å². The van der Waals surface area contributed by atoms with Gasteiger partial charge in [-0.3, -0.25) is 9.48 Å². The topological polar surface area (TPSA) is 79.3 Å². The largest absolute Gasteiger partial charge is 0.352 e. The van der Waals surface area contributed by atoms with Crippen LogP contribution in [0.1, 0.15) is 41.8 Å². The highest BCUT2D eigenvalue weighted by atomic mass is 16.2. The summed E-state index contributed by atoms with van der Waals surface area (Å²) in [7, 11) is 1.92. The van der Waals surface area contributed by atoms with E-state index in [9.17, 15) is 9.59 Å². The number of aryl methyl sites for hydroxylation is 2. The first kappa shape index (κ1) is 19.9. The van der Waals surface area contributed by atoms with Crippen LogP contribution in [0.4, 0.5) is 10.5 Å². The lowest BCUT2D eigenvalue weighted by atomic mass is 10.1. The Morgan fingerprint density at radius 2 is 1.93 bits per heavy atom. The van der Waals surface area contributed by atoms with Gasteiger partial charge in [-0.15, -0.1) is 0 Å². The quantitative estimate of drug-likeness (QED) is 0.805. The van der Waals surface area contributed by atoms with E-state index >= 15 is 0 Å². The van der Waals surface area contributed by atoms with Crippen molar-refractivity contribution in [3.63, 3.8) is 0 Å². The van der Waals surface area contributed by atoms with Gasteiger partial charge in [-0.2, -0.15) is 5.10 Å². The summed E-state index contributed by atoms with van der Waals surface area (Å²) >= 11 is 0. The highest BCUT2D eigenvalue weighted by Crippen LogP contribution is 2.15. The molecule has 0 saturated carbocycles. The zero-order valence-electron chi connectivity index (χ0n) is 16.9. The standard InChI is InChI=1S/C21H29N5O2/c1-15-19(16(2)25(3)24-15)9-10-20(27)22-14-17-7-6-8-18(13-17)23-21(28)26-11-4-5-12-26/h6-8,13H,4-5,9-12,14H2,1-3H3,(H,22,27)(H,23,28). The fourth-order valence-electron chi connectivity index (χ4n) is 3.59. The van der Waals surface area contributed by atoms with Crippen LogP contribution in [-0.2, 0) is 24.8 Å². The average Bonchev–Trinajstić information content (AvgIpc) is 3.28. The molecule has 3 amide bonds. The molecule has 0 bridgehead atoms. The lowest BCUT2D eigenvalue weighted by molar-refractivity contribution is -0.121. The molecule has 7 heteroatoms. The summed E-state index contributed by atoms with van der Waals surface area (Å²) in [6.45, 7) is 6.07. The molecule has 2 N–H and O–H groups in total. The van der Waals surface area contributed by atoms with E-state index < -0.39 is 0 Å². The maximum absolute atomic E-state index is 12.2. The Morgan fingerprint density at radius 1 is 1.18 bits per heavy atom. The van der Waals surface area contributed by atoms with E-state index in [4.69, 9.17) is 0 Å². The molecular formula is C21H29N5O2. The molecule has 1 fully saturated rings. The Balaban J connectivity index is 1.48. The van der Waals surface area contributed by atoms with Gasteiger partial charge in [0.1, 0.15) is 0 Å². The average molecular weight is 383 g/mol. The summed E-state index contributed by atoms with van der Waals surface area (Å²) in [6, 6.07) is 7.56. The molecule has 0 radical (unpaired) electrons. The predicted octanol–water partition coefficient (Wildman–Crippen LogP) is 2.91. The van der Waals surface area contributed by atoms with Crippen LogP contribution in [0, 0.1) is 13.8 Å². The minimum absolute atomic E-state index is 0.00848. The summed E-state index contributed by atoms with van der Waals surface area (Å²) in [6.07, 6.45) is 3.25. The minimum Gasteiger partial charge on any atom is -0.352 e. The number of nitrogens with one attached hydrogen (secondary N) is 2.